The number of rotatable bonds is 6. The van der Waals surface area contributed by atoms with E-state index in [1.165, 1.54) is 12.7 Å². The summed E-state index contributed by atoms with van der Waals surface area (Å²) in [7, 11) is 1.39. The van der Waals surface area contributed by atoms with Gasteiger partial charge in [0.2, 0.25) is 0 Å². The molecule has 1 aromatic heterocycles. The Hall–Kier alpha value is -2.53. The zero-order valence-electron chi connectivity index (χ0n) is 13.3. The van der Waals surface area contributed by atoms with Gasteiger partial charge < -0.3 is 9.30 Å². The van der Waals surface area contributed by atoms with Crippen molar-refractivity contribution in [2.24, 2.45) is 0 Å². The quantitative estimate of drug-likeness (QED) is 0.499. The molecule has 0 aliphatic heterocycles. The van der Waals surface area contributed by atoms with Crippen molar-refractivity contribution in [3.8, 4) is 0 Å². The molecule has 3 aromatic rings. The number of benzene rings is 2. The Bertz CT molecular complexity index is 771. The lowest BCUT2D eigenvalue weighted by Gasteiger charge is -2.18. The number of carbonyl (C=O) groups excluding carboxylic acids is 1. The molecule has 5 heteroatoms. The number of thioether (sulfide) groups is 1. The fraction of sp³-hybridized carbons (Fsp3) is 0.158. The van der Waals surface area contributed by atoms with Crippen LogP contribution in [0.1, 0.15) is 21.2 Å². The molecule has 2 aromatic carbocycles. The van der Waals surface area contributed by atoms with Crippen LogP contribution in [-0.2, 0) is 11.3 Å². The Labute approximate surface area is 145 Å². The predicted molar refractivity (Wildman–Crippen MR) is 95.0 cm³/mol. The molecule has 0 saturated heterocycles. The highest BCUT2D eigenvalue weighted by atomic mass is 32.2. The minimum atomic E-state index is -0.315. The Morgan fingerprint density at radius 1 is 1.17 bits per heavy atom. The number of hydrogen-bond acceptors (Lipinski definition) is 4. The highest BCUT2D eigenvalue weighted by molar-refractivity contribution is 7.99. The molecule has 1 heterocycles. The van der Waals surface area contributed by atoms with Crippen LogP contribution in [0.5, 0.6) is 0 Å². The molecule has 122 valence electrons. The zero-order chi connectivity index (χ0) is 16.8. The highest BCUT2D eigenvalue weighted by Crippen LogP contribution is 2.36. The van der Waals surface area contributed by atoms with E-state index in [4.69, 9.17) is 4.74 Å². The number of nitrogens with zero attached hydrogens (tertiary/aromatic N) is 2. The van der Waals surface area contributed by atoms with Gasteiger partial charge in [0, 0.05) is 23.8 Å². The Morgan fingerprint density at radius 3 is 2.54 bits per heavy atom. The summed E-state index contributed by atoms with van der Waals surface area (Å²) in [5.41, 5.74) is 1.82. The van der Waals surface area contributed by atoms with Crippen molar-refractivity contribution in [2.45, 2.75) is 16.7 Å². The largest absolute Gasteiger partial charge is 0.465 e. The highest BCUT2D eigenvalue weighted by Gasteiger charge is 2.14. The number of esters is 1. The summed E-state index contributed by atoms with van der Waals surface area (Å²) in [6.45, 7) is 0.827. The number of carbonyl (C=O) groups is 1. The van der Waals surface area contributed by atoms with Crippen molar-refractivity contribution in [1.82, 2.24) is 9.55 Å². The summed E-state index contributed by atoms with van der Waals surface area (Å²) in [5, 5.41) is 0.254. The van der Waals surface area contributed by atoms with Crippen molar-refractivity contribution in [1.29, 1.82) is 0 Å². The molecular weight excluding hydrogens is 320 g/mol. The number of aromatic nitrogens is 2. The molecule has 1 atom stereocenters. The third-order valence-corrected chi connectivity index (χ3v) is 4.91. The molecule has 0 saturated carbocycles. The number of methoxy groups -OCH3 is 1. The van der Waals surface area contributed by atoms with Crippen LogP contribution in [-0.4, -0.2) is 22.6 Å². The summed E-state index contributed by atoms with van der Waals surface area (Å²) in [5.74, 6) is -0.315. The maximum absolute atomic E-state index is 11.5. The van der Waals surface area contributed by atoms with Gasteiger partial charge >= 0.3 is 5.97 Å². The van der Waals surface area contributed by atoms with E-state index in [0.29, 0.717) is 5.56 Å². The van der Waals surface area contributed by atoms with Crippen LogP contribution in [0.15, 0.2) is 78.2 Å². The lowest BCUT2D eigenvalue weighted by atomic mass is 10.1. The van der Waals surface area contributed by atoms with Gasteiger partial charge in [-0.05, 0) is 29.8 Å². The first kappa shape index (κ1) is 16.3. The molecule has 0 fully saturated rings. The molecule has 0 aliphatic rings. The number of hydrogen-bond donors (Lipinski definition) is 0. The van der Waals surface area contributed by atoms with Crippen molar-refractivity contribution in [2.75, 3.05) is 7.11 Å². The molecule has 24 heavy (non-hydrogen) atoms. The molecule has 0 aliphatic carbocycles. The zero-order valence-corrected chi connectivity index (χ0v) is 14.1. The summed E-state index contributed by atoms with van der Waals surface area (Å²) in [6.07, 6.45) is 5.59. The number of ether oxygens (including phenoxy) is 1. The molecule has 1 unspecified atom stereocenters. The Kier molecular flexibility index (Phi) is 5.33. The lowest BCUT2D eigenvalue weighted by Crippen LogP contribution is -2.05. The molecule has 0 bridgehead atoms. The predicted octanol–water partition coefficient (Wildman–Crippen LogP) is 4.20. The maximum Gasteiger partial charge on any atom is 0.337 e. The monoisotopic (exact) mass is 338 g/mol. The van der Waals surface area contributed by atoms with E-state index >= 15 is 0 Å². The lowest BCUT2D eigenvalue weighted by molar-refractivity contribution is 0.0600. The van der Waals surface area contributed by atoms with Gasteiger partial charge in [-0.2, -0.15) is 0 Å². The smallest absolute Gasteiger partial charge is 0.337 e. The van der Waals surface area contributed by atoms with Crippen LogP contribution in [0, 0.1) is 0 Å². The molecule has 0 amide bonds. The third kappa shape index (κ3) is 4.06. The summed E-state index contributed by atoms with van der Waals surface area (Å²) >= 11 is 1.77. The minimum Gasteiger partial charge on any atom is -0.465 e. The summed E-state index contributed by atoms with van der Waals surface area (Å²) in [4.78, 5) is 16.8. The van der Waals surface area contributed by atoms with E-state index in [2.05, 4.69) is 33.8 Å². The summed E-state index contributed by atoms with van der Waals surface area (Å²) < 4.78 is 6.82. The van der Waals surface area contributed by atoms with Crippen LogP contribution in [0.3, 0.4) is 0 Å². The average molecular weight is 338 g/mol. The average Bonchev–Trinajstić information content (AvgIpc) is 3.15. The molecular formula is C19H18N2O2S. The Balaban J connectivity index is 1.80. The first-order valence-corrected chi connectivity index (χ1v) is 8.50. The van der Waals surface area contributed by atoms with Crippen molar-refractivity contribution in [3.63, 3.8) is 0 Å². The van der Waals surface area contributed by atoms with Crippen LogP contribution < -0.4 is 0 Å². The van der Waals surface area contributed by atoms with Gasteiger partial charge in [-0.1, -0.05) is 30.3 Å². The topological polar surface area (TPSA) is 44.1 Å². The molecule has 4 nitrogen and oxygen atoms in total. The molecule has 0 N–H and O–H groups in total. The normalized spacial score (nSPS) is 11.9. The summed E-state index contributed by atoms with van der Waals surface area (Å²) in [6, 6.07) is 17.9. The second-order valence-electron chi connectivity index (χ2n) is 5.29. The standard InChI is InChI=1S/C19H18N2O2S/c1-23-19(22)16-7-9-17(10-8-16)24-18(13-21-12-11-20-14-21)15-5-3-2-4-6-15/h2-12,14,18H,13H2,1H3. The van der Waals surface area contributed by atoms with Gasteiger partial charge in [-0.25, -0.2) is 9.78 Å². The van der Waals surface area contributed by atoms with Gasteiger partial charge in [0.15, 0.2) is 0 Å². The van der Waals surface area contributed by atoms with Crippen molar-refractivity contribution >= 4 is 17.7 Å². The fourth-order valence-electron chi connectivity index (χ4n) is 2.42. The van der Waals surface area contributed by atoms with Crippen LogP contribution in [0.4, 0.5) is 0 Å². The first-order valence-electron chi connectivity index (χ1n) is 7.62. The van der Waals surface area contributed by atoms with Crippen LogP contribution in [0.25, 0.3) is 0 Å². The van der Waals surface area contributed by atoms with E-state index in [0.717, 1.165) is 11.4 Å². The second-order valence-corrected chi connectivity index (χ2v) is 6.57. The van der Waals surface area contributed by atoms with Gasteiger partial charge in [0.25, 0.3) is 0 Å². The molecule has 0 spiro atoms. The van der Waals surface area contributed by atoms with Crippen LogP contribution in [0.2, 0.25) is 0 Å². The first-order chi connectivity index (χ1) is 11.8. The fourth-order valence-corrected chi connectivity index (χ4v) is 3.58. The SMILES string of the molecule is COC(=O)c1ccc(SC(Cn2ccnc2)c2ccccc2)cc1. The molecule has 0 radical (unpaired) electrons. The minimum absolute atomic E-state index is 0.254. The van der Waals surface area contributed by atoms with E-state index in [9.17, 15) is 4.79 Å². The third-order valence-electron chi connectivity index (χ3n) is 3.66. The van der Waals surface area contributed by atoms with E-state index in [1.54, 1.807) is 30.1 Å². The molecule has 3 rings (SSSR count). The van der Waals surface area contributed by atoms with Crippen molar-refractivity contribution in [3.05, 3.63) is 84.4 Å². The van der Waals surface area contributed by atoms with Crippen LogP contribution >= 0.6 is 11.8 Å². The van der Waals surface area contributed by atoms with Crippen molar-refractivity contribution < 1.29 is 9.53 Å². The van der Waals surface area contributed by atoms with Gasteiger partial charge in [0.1, 0.15) is 0 Å². The van der Waals surface area contributed by atoms with Gasteiger partial charge in [-0.15, -0.1) is 11.8 Å². The maximum atomic E-state index is 11.5. The second kappa shape index (κ2) is 7.84. The van der Waals surface area contributed by atoms with E-state index in [-0.39, 0.29) is 11.2 Å². The van der Waals surface area contributed by atoms with Gasteiger partial charge in [-0.3, -0.25) is 0 Å². The van der Waals surface area contributed by atoms with E-state index < -0.39 is 0 Å². The number of imidazole rings is 1. The Morgan fingerprint density at radius 2 is 1.92 bits per heavy atom. The van der Waals surface area contributed by atoms with Gasteiger partial charge in [0.05, 0.1) is 24.3 Å². The van der Waals surface area contributed by atoms with E-state index in [1.807, 2.05) is 30.7 Å².